The molecule has 1 N–H and O–H groups in total. The number of rotatable bonds is 5. The lowest BCUT2D eigenvalue weighted by Crippen LogP contribution is -2.16. The molecule has 3 rings (SSSR count). The standard InChI is InChI=1S/C22H21NO/c1-17(22(24)20-15-9-4-10-16-20)23-21(18-11-5-2-6-12-18)19-13-7-3-8-14-19/h2-17,22,24H,1H3/t17-,22+/m0/s1. The average Bonchev–Trinajstić information content (AvgIpc) is 2.67. The van der Waals surface area contributed by atoms with Crippen LogP contribution in [0.25, 0.3) is 0 Å². The molecule has 120 valence electrons. The van der Waals surface area contributed by atoms with E-state index in [1.807, 2.05) is 97.9 Å². The Morgan fingerprint density at radius 3 is 1.58 bits per heavy atom. The predicted octanol–water partition coefficient (Wildman–Crippen LogP) is 4.65. The van der Waals surface area contributed by atoms with E-state index in [4.69, 9.17) is 4.99 Å². The molecule has 0 bridgehead atoms. The second kappa shape index (κ2) is 7.71. The number of benzene rings is 3. The van der Waals surface area contributed by atoms with E-state index in [2.05, 4.69) is 0 Å². The summed E-state index contributed by atoms with van der Waals surface area (Å²) in [7, 11) is 0. The molecule has 0 amide bonds. The Morgan fingerprint density at radius 1 is 0.708 bits per heavy atom. The number of aliphatic imine (C=N–C) groups is 1. The first-order valence-corrected chi connectivity index (χ1v) is 8.17. The van der Waals surface area contributed by atoms with Crippen molar-refractivity contribution in [3.8, 4) is 0 Å². The molecule has 0 aromatic heterocycles. The molecular weight excluding hydrogens is 294 g/mol. The van der Waals surface area contributed by atoms with Crippen LogP contribution in [0.3, 0.4) is 0 Å². The summed E-state index contributed by atoms with van der Waals surface area (Å²) in [5, 5.41) is 10.6. The van der Waals surface area contributed by atoms with Crippen molar-refractivity contribution < 1.29 is 5.11 Å². The van der Waals surface area contributed by atoms with Crippen LogP contribution in [0.1, 0.15) is 29.7 Å². The minimum absolute atomic E-state index is 0.247. The van der Waals surface area contributed by atoms with E-state index in [1.165, 1.54) is 0 Å². The second-order valence-electron chi connectivity index (χ2n) is 5.81. The van der Waals surface area contributed by atoms with Gasteiger partial charge in [0, 0.05) is 11.1 Å². The van der Waals surface area contributed by atoms with Crippen molar-refractivity contribution in [3.63, 3.8) is 0 Å². The van der Waals surface area contributed by atoms with E-state index in [0.717, 1.165) is 22.4 Å². The Kier molecular flexibility index (Phi) is 5.19. The Bertz CT molecular complexity index is 740. The van der Waals surface area contributed by atoms with Crippen LogP contribution in [-0.4, -0.2) is 16.9 Å². The Balaban J connectivity index is 1.98. The van der Waals surface area contributed by atoms with Crippen LogP contribution in [0.2, 0.25) is 0 Å². The molecule has 0 aliphatic heterocycles. The van der Waals surface area contributed by atoms with Gasteiger partial charge in [-0.05, 0) is 12.5 Å². The summed E-state index contributed by atoms with van der Waals surface area (Å²) in [5.41, 5.74) is 3.89. The van der Waals surface area contributed by atoms with Gasteiger partial charge in [-0.15, -0.1) is 0 Å². The highest BCUT2D eigenvalue weighted by molar-refractivity contribution is 6.12. The summed E-state index contributed by atoms with van der Waals surface area (Å²) in [6.45, 7) is 1.95. The smallest absolute Gasteiger partial charge is 0.101 e. The molecule has 0 aliphatic carbocycles. The zero-order chi connectivity index (χ0) is 16.8. The fourth-order valence-corrected chi connectivity index (χ4v) is 2.71. The first-order chi connectivity index (χ1) is 11.8. The van der Waals surface area contributed by atoms with Crippen molar-refractivity contribution in [1.29, 1.82) is 0 Å². The van der Waals surface area contributed by atoms with Crippen molar-refractivity contribution >= 4 is 5.71 Å². The molecule has 0 spiro atoms. The second-order valence-corrected chi connectivity index (χ2v) is 5.81. The third-order valence-electron chi connectivity index (χ3n) is 4.03. The molecule has 0 saturated heterocycles. The van der Waals surface area contributed by atoms with Gasteiger partial charge in [0.25, 0.3) is 0 Å². The minimum atomic E-state index is -0.631. The summed E-state index contributed by atoms with van der Waals surface area (Å²) >= 11 is 0. The van der Waals surface area contributed by atoms with Crippen LogP contribution in [0.4, 0.5) is 0 Å². The van der Waals surface area contributed by atoms with Gasteiger partial charge >= 0.3 is 0 Å². The van der Waals surface area contributed by atoms with Crippen molar-refractivity contribution in [2.75, 3.05) is 0 Å². The highest BCUT2D eigenvalue weighted by Crippen LogP contribution is 2.21. The molecule has 0 aliphatic rings. The maximum absolute atomic E-state index is 10.6. The number of aliphatic hydroxyl groups is 1. The molecule has 0 heterocycles. The van der Waals surface area contributed by atoms with Crippen molar-refractivity contribution in [3.05, 3.63) is 108 Å². The summed E-state index contributed by atoms with van der Waals surface area (Å²) in [5.74, 6) is 0. The highest BCUT2D eigenvalue weighted by Gasteiger charge is 2.17. The summed E-state index contributed by atoms with van der Waals surface area (Å²) in [6, 6.07) is 29.6. The maximum atomic E-state index is 10.6. The first kappa shape index (κ1) is 16.2. The van der Waals surface area contributed by atoms with Crippen LogP contribution in [-0.2, 0) is 0 Å². The minimum Gasteiger partial charge on any atom is -0.386 e. The van der Waals surface area contributed by atoms with Crippen molar-refractivity contribution in [1.82, 2.24) is 0 Å². The number of nitrogens with zero attached hydrogens (tertiary/aromatic N) is 1. The number of hydrogen-bond donors (Lipinski definition) is 1. The van der Waals surface area contributed by atoms with E-state index in [-0.39, 0.29) is 6.04 Å². The molecule has 3 aromatic carbocycles. The van der Waals surface area contributed by atoms with Crippen LogP contribution in [0.5, 0.6) is 0 Å². The van der Waals surface area contributed by atoms with Crippen LogP contribution in [0.15, 0.2) is 96.0 Å². The lowest BCUT2D eigenvalue weighted by molar-refractivity contribution is 0.154. The molecule has 0 saturated carbocycles. The maximum Gasteiger partial charge on any atom is 0.101 e. The Labute approximate surface area is 143 Å². The first-order valence-electron chi connectivity index (χ1n) is 8.17. The molecule has 0 unspecified atom stereocenters. The van der Waals surface area contributed by atoms with Gasteiger partial charge < -0.3 is 5.11 Å². The monoisotopic (exact) mass is 315 g/mol. The molecule has 2 atom stereocenters. The normalized spacial score (nSPS) is 13.1. The van der Waals surface area contributed by atoms with Gasteiger partial charge in [0.05, 0.1) is 11.8 Å². The molecule has 2 nitrogen and oxygen atoms in total. The Hall–Kier alpha value is -2.71. The van der Waals surface area contributed by atoms with Gasteiger partial charge in [0.1, 0.15) is 6.10 Å². The zero-order valence-electron chi connectivity index (χ0n) is 13.7. The zero-order valence-corrected chi connectivity index (χ0v) is 13.7. The SMILES string of the molecule is C[C@H](N=C(c1ccccc1)c1ccccc1)[C@@H](O)c1ccccc1. The van der Waals surface area contributed by atoms with Gasteiger partial charge in [0.2, 0.25) is 0 Å². The third kappa shape index (κ3) is 3.79. The van der Waals surface area contributed by atoms with Crippen LogP contribution < -0.4 is 0 Å². The van der Waals surface area contributed by atoms with E-state index in [0.29, 0.717) is 0 Å². The van der Waals surface area contributed by atoms with Gasteiger partial charge in [0.15, 0.2) is 0 Å². The van der Waals surface area contributed by atoms with E-state index >= 15 is 0 Å². The fourth-order valence-electron chi connectivity index (χ4n) is 2.71. The van der Waals surface area contributed by atoms with Gasteiger partial charge in [-0.2, -0.15) is 0 Å². The number of hydrogen-bond acceptors (Lipinski definition) is 2. The number of aliphatic hydroxyl groups excluding tert-OH is 1. The van der Waals surface area contributed by atoms with Gasteiger partial charge in [-0.25, -0.2) is 0 Å². The fraction of sp³-hybridized carbons (Fsp3) is 0.136. The molecule has 0 radical (unpaired) electrons. The highest BCUT2D eigenvalue weighted by atomic mass is 16.3. The molecular formula is C22H21NO. The third-order valence-corrected chi connectivity index (χ3v) is 4.03. The predicted molar refractivity (Wildman–Crippen MR) is 99.4 cm³/mol. The summed E-state index contributed by atoms with van der Waals surface area (Å²) < 4.78 is 0. The van der Waals surface area contributed by atoms with E-state index in [9.17, 15) is 5.11 Å². The summed E-state index contributed by atoms with van der Waals surface area (Å²) in [4.78, 5) is 4.86. The average molecular weight is 315 g/mol. The lowest BCUT2D eigenvalue weighted by Gasteiger charge is -2.18. The molecule has 24 heavy (non-hydrogen) atoms. The van der Waals surface area contributed by atoms with Gasteiger partial charge in [-0.3, -0.25) is 4.99 Å². The van der Waals surface area contributed by atoms with E-state index < -0.39 is 6.10 Å². The lowest BCUT2D eigenvalue weighted by atomic mass is 10.00. The van der Waals surface area contributed by atoms with Crippen LogP contribution >= 0.6 is 0 Å². The molecule has 3 aromatic rings. The topological polar surface area (TPSA) is 32.6 Å². The largest absolute Gasteiger partial charge is 0.386 e. The quantitative estimate of drug-likeness (QED) is 0.683. The molecule has 0 fully saturated rings. The van der Waals surface area contributed by atoms with Gasteiger partial charge in [-0.1, -0.05) is 91.0 Å². The Morgan fingerprint density at radius 2 is 1.12 bits per heavy atom. The van der Waals surface area contributed by atoms with Crippen molar-refractivity contribution in [2.24, 2.45) is 4.99 Å². The molecule has 2 heteroatoms. The summed E-state index contributed by atoms with van der Waals surface area (Å²) in [6.07, 6.45) is -0.631. The van der Waals surface area contributed by atoms with E-state index in [1.54, 1.807) is 0 Å². The van der Waals surface area contributed by atoms with Crippen LogP contribution in [0, 0.1) is 0 Å². The van der Waals surface area contributed by atoms with Crippen molar-refractivity contribution in [2.45, 2.75) is 19.1 Å².